The van der Waals surface area contributed by atoms with Gasteiger partial charge in [0, 0.05) is 38.8 Å². The van der Waals surface area contributed by atoms with Crippen molar-refractivity contribution in [3.8, 4) is 0 Å². The van der Waals surface area contributed by atoms with E-state index in [0.29, 0.717) is 24.9 Å². The van der Waals surface area contributed by atoms with Crippen LogP contribution in [-0.4, -0.2) is 74.8 Å². The van der Waals surface area contributed by atoms with E-state index in [1.54, 1.807) is 0 Å². The highest BCUT2D eigenvalue weighted by Crippen LogP contribution is 2.35. The van der Waals surface area contributed by atoms with E-state index in [9.17, 15) is 17.2 Å². The molecular weight excluding hydrogens is 402 g/mol. The van der Waals surface area contributed by atoms with Crippen LogP contribution in [0, 0.1) is 17.6 Å². The van der Waals surface area contributed by atoms with Crippen molar-refractivity contribution in [2.45, 2.75) is 56.0 Å². The van der Waals surface area contributed by atoms with Crippen LogP contribution in [-0.2, 0) is 19.5 Å². The van der Waals surface area contributed by atoms with Crippen LogP contribution in [0.2, 0.25) is 0 Å². The Morgan fingerprint density at radius 2 is 1.69 bits per heavy atom. The highest BCUT2D eigenvalue weighted by atomic mass is 32.2. The molecule has 0 amide bonds. The van der Waals surface area contributed by atoms with Crippen molar-refractivity contribution >= 4 is 10.0 Å². The Morgan fingerprint density at radius 3 is 2.34 bits per heavy atom. The Bertz CT molecular complexity index is 823. The largest absolute Gasteiger partial charge is 0.373 e. The first-order valence-corrected chi connectivity index (χ1v) is 11.6. The van der Waals surface area contributed by atoms with E-state index in [2.05, 4.69) is 18.7 Å². The third-order valence-corrected chi connectivity index (χ3v) is 7.87. The number of rotatable bonds is 4. The van der Waals surface area contributed by atoms with Gasteiger partial charge in [0.15, 0.2) is 0 Å². The Balaban J connectivity index is 1.40. The third-order valence-electron chi connectivity index (χ3n) is 6.02. The Morgan fingerprint density at radius 1 is 1.03 bits per heavy atom. The average Bonchev–Trinajstić information content (AvgIpc) is 3.01. The van der Waals surface area contributed by atoms with E-state index >= 15 is 0 Å². The van der Waals surface area contributed by atoms with Gasteiger partial charge in [0.05, 0.1) is 29.3 Å². The molecule has 162 valence electrons. The molecule has 3 saturated heterocycles. The summed E-state index contributed by atoms with van der Waals surface area (Å²) in [6.07, 6.45) is 1.86. The van der Waals surface area contributed by atoms with Crippen molar-refractivity contribution in [3.05, 3.63) is 29.8 Å². The lowest BCUT2D eigenvalue weighted by Gasteiger charge is -2.36. The number of piperidine rings is 1. The fraction of sp³-hybridized carbons (Fsp3) is 0.700. The smallest absolute Gasteiger partial charge is 0.243 e. The first-order valence-electron chi connectivity index (χ1n) is 10.2. The van der Waals surface area contributed by atoms with Crippen molar-refractivity contribution in [1.29, 1.82) is 0 Å². The fourth-order valence-electron chi connectivity index (χ4n) is 4.88. The van der Waals surface area contributed by atoms with Crippen molar-refractivity contribution in [2.75, 3.05) is 32.7 Å². The molecule has 1 aromatic rings. The predicted octanol–water partition coefficient (Wildman–Crippen LogP) is 2.24. The lowest BCUT2D eigenvalue weighted by molar-refractivity contribution is -0.0827. The number of halogens is 2. The van der Waals surface area contributed by atoms with Crippen molar-refractivity contribution < 1.29 is 26.7 Å². The minimum Gasteiger partial charge on any atom is -0.373 e. The quantitative estimate of drug-likeness (QED) is 0.733. The molecule has 0 saturated carbocycles. The molecule has 9 heteroatoms. The van der Waals surface area contributed by atoms with E-state index in [1.807, 2.05) is 0 Å². The number of ether oxygens (including phenoxy) is 2. The molecule has 3 unspecified atom stereocenters. The van der Waals surface area contributed by atoms with Crippen molar-refractivity contribution in [2.24, 2.45) is 5.92 Å². The maximum absolute atomic E-state index is 13.5. The van der Waals surface area contributed by atoms with E-state index < -0.39 is 21.7 Å². The Hall–Kier alpha value is -1.13. The number of sulfonamides is 1. The SMILES string of the molecule is CC1CN(CC2C[C@@H]3CCN(S(=O)(=O)c4cc(F)cc(F)c4)C[C@@H]3O2)CC(C)O1. The summed E-state index contributed by atoms with van der Waals surface area (Å²) in [6, 6.07) is 2.40. The number of hydrogen-bond donors (Lipinski definition) is 0. The lowest BCUT2D eigenvalue weighted by Crippen LogP contribution is -2.48. The maximum Gasteiger partial charge on any atom is 0.243 e. The summed E-state index contributed by atoms with van der Waals surface area (Å²) in [7, 11) is -3.96. The molecular formula is C20H28F2N2O4S. The van der Waals surface area contributed by atoms with Gasteiger partial charge in [-0.25, -0.2) is 17.2 Å². The molecule has 5 atom stereocenters. The van der Waals surface area contributed by atoms with Crippen molar-refractivity contribution in [3.63, 3.8) is 0 Å². The molecule has 1 aromatic carbocycles. The van der Waals surface area contributed by atoms with Crippen LogP contribution in [0.1, 0.15) is 26.7 Å². The molecule has 0 radical (unpaired) electrons. The number of morpholine rings is 1. The van der Waals surface area contributed by atoms with Crippen molar-refractivity contribution in [1.82, 2.24) is 9.21 Å². The first-order chi connectivity index (χ1) is 13.7. The molecule has 0 spiro atoms. The summed E-state index contributed by atoms with van der Waals surface area (Å²) in [4.78, 5) is 2.00. The lowest BCUT2D eigenvalue weighted by atomic mass is 9.93. The monoisotopic (exact) mass is 430 g/mol. The summed E-state index contributed by atoms with van der Waals surface area (Å²) in [5.41, 5.74) is 0. The van der Waals surface area contributed by atoms with Gasteiger partial charge in [-0.05, 0) is 44.7 Å². The molecule has 3 fully saturated rings. The maximum atomic E-state index is 13.5. The van der Waals surface area contributed by atoms with Gasteiger partial charge in [-0.1, -0.05) is 0 Å². The molecule has 0 aliphatic carbocycles. The first kappa shape index (κ1) is 21.1. The highest BCUT2D eigenvalue weighted by molar-refractivity contribution is 7.89. The Kier molecular flexibility index (Phi) is 5.96. The second-order valence-electron chi connectivity index (χ2n) is 8.53. The van der Waals surface area contributed by atoms with E-state index in [4.69, 9.17) is 9.47 Å². The average molecular weight is 431 g/mol. The van der Waals surface area contributed by atoms with Gasteiger partial charge in [0.2, 0.25) is 10.0 Å². The second kappa shape index (κ2) is 8.19. The van der Waals surface area contributed by atoms with Gasteiger partial charge in [0.1, 0.15) is 11.6 Å². The molecule has 3 aliphatic heterocycles. The molecule has 0 aromatic heterocycles. The minimum atomic E-state index is -3.96. The van der Waals surface area contributed by atoms with E-state index in [1.165, 1.54) is 4.31 Å². The van der Waals surface area contributed by atoms with Gasteiger partial charge in [-0.3, -0.25) is 4.90 Å². The van der Waals surface area contributed by atoms with Crippen LogP contribution in [0.15, 0.2) is 23.1 Å². The third kappa shape index (κ3) is 4.64. The molecule has 0 N–H and O–H groups in total. The normalized spacial score (nSPS) is 34.3. The second-order valence-corrected chi connectivity index (χ2v) is 10.5. The number of nitrogens with zero attached hydrogens (tertiary/aromatic N) is 2. The van der Waals surface area contributed by atoms with Crippen LogP contribution in [0.3, 0.4) is 0 Å². The summed E-state index contributed by atoms with van der Waals surface area (Å²) in [5, 5.41) is 0. The van der Waals surface area contributed by atoms with Crippen LogP contribution < -0.4 is 0 Å². The number of hydrogen-bond acceptors (Lipinski definition) is 5. The van der Waals surface area contributed by atoms with E-state index in [-0.39, 0.29) is 35.9 Å². The molecule has 4 rings (SSSR count). The summed E-state index contributed by atoms with van der Waals surface area (Å²) in [6.45, 7) is 7.23. The van der Waals surface area contributed by atoms with Crippen LogP contribution in [0.25, 0.3) is 0 Å². The zero-order chi connectivity index (χ0) is 20.8. The van der Waals surface area contributed by atoms with E-state index in [0.717, 1.165) is 38.2 Å². The van der Waals surface area contributed by atoms with Gasteiger partial charge in [0.25, 0.3) is 0 Å². The zero-order valence-corrected chi connectivity index (χ0v) is 17.6. The molecule has 29 heavy (non-hydrogen) atoms. The highest BCUT2D eigenvalue weighted by Gasteiger charge is 2.43. The molecule has 0 bridgehead atoms. The van der Waals surface area contributed by atoms with Gasteiger partial charge in [-0.15, -0.1) is 0 Å². The van der Waals surface area contributed by atoms with Crippen LogP contribution in [0.5, 0.6) is 0 Å². The van der Waals surface area contributed by atoms with Crippen LogP contribution >= 0.6 is 0 Å². The minimum absolute atomic E-state index is 0.0665. The Labute approximate surface area is 170 Å². The van der Waals surface area contributed by atoms with Gasteiger partial charge >= 0.3 is 0 Å². The summed E-state index contributed by atoms with van der Waals surface area (Å²) >= 11 is 0. The fourth-order valence-corrected chi connectivity index (χ4v) is 6.39. The molecule has 6 nitrogen and oxygen atoms in total. The zero-order valence-electron chi connectivity index (χ0n) is 16.8. The number of fused-ring (bicyclic) bond motifs is 1. The summed E-state index contributed by atoms with van der Waals surface area (Å²) in [5.74, 6) is -1.49. The number of benzene rings is 1. The molecule has 3 heterocycles. The van der Waals surface area contributed by atoms with Gasteiger partial charge in [-0.2, -0.15) is 4.31 Å². The predicted molar refractivity (Wildman–Crippen MR) is 103 cm³/mol. The van der Waals surface area contributed by atoms with Crippen LogP contribution in [0.4, 0.5) is 8.78 Å². The topological polar surface area (TPSA) is 59.1 Å². The standard InChI is InChI=1S/C20H28F2N2O4S/c1-13-9-23(10-14(2)27-13)11-18-5-15-3-4-24(12-20(15)28-18)29(25,26)19-7-16(21)6-17(22)8-19/h6-8,13-15,18,20H,3-5,9-12H2,1-2H3/t13?,14?,15-,18?,20-/m0/s1. The molecule has 3 aliphatic rings. The van der Waals surface area contributed by atoms with Gasteiger partial charge < -0.3 is 9.47 Å². The summed E-state index contributed by atoms with van der Waals surface area (Å²) < 4.78 is 66.0.